The molecule has 17 heavy (non-hydrogen) atoms. The summed E-state index contributed by atoms with van der Waals surface area (Å²) in [5, 5.41) is 0. The van der Waals surface area contributed by atoms with Crippen LogP contribution >= 0.6 is 0 Å². The second-order valence-electron chi connectivity index (χ2n) is 3.74. The zero-order chi connectivity index (χ0) is 12.3. The quantitative estimate of drug-likeness (QED) is 0.754. The number of pyridine rings is 1. The molecule has 0 aromatic carbocycles. The maximum absolute atomic E-state index is 10.8. The van der Waals surface area contributed by atoms with Crippen LogP contribution in [-0.4, -0.2) is 21.2 Å². The van der Waals surface area contributed by atoms with Gasteiger partial charge in [-0.05, 0) is 31.0 Å². The van der Waals surface area contributed by atoms with Gasteiger partial charge in [-0.2, -0.15) is 0 Å². The van der Waals surface area contributed by atoms with Crippen LogP contribution in [0.3, 0.4) is 0 Å². The van der Waals surface area contributed by atoms with Gasteiger partial charge in [0.25, 0.3) is 0 Å². The lowest BCUT2D eigenvalue weighted by Gasteiger charge is -2.06. The standard InChI is InChI=1S/C13H13N3O/c1-3-10-5-4-6-14-12(10)13-15-9(2)7-11(8-17)16-13/h4-8H,3H2,1-2H3. The highest BCUT2D eigenvalue weighted by Gasteiger charge is 2.09. The number of aldehydes is 1. The first-order valence-electron chi connectivity index (χ1n) is 5.49. The lowest BCUT2D eigenvalue weighted by molar-refractivity contribution is 0.111. The van der Waals surface area contributed by atoms with E-state index in [2.05, 4.69) is 21.9 Å². The maximum Gasteiger partial charge on any atom is 0.179 e. The van der Waals surface area contributed by atoms with Crippen LogP contribution in [0.15, 0.2) is 24.4 Å². The van der Waals surface area contributed by atoms with E-state index in [1.165, 1.54) is 0 Å². The Morgan fingerprint density at radius 1 is 1.35 bits per heavy atom. The zero-order valence-electron chi connectivity index (χ0n) is 9.84. The van der Waals surface area contributed by atoms with Crippen molar-refractivity contribution in [3.63, 3.8) is 0 Å². The van der Waals surface area contributed by atoms with Crippen LogP contribution in [0, 0.1) is 6.92 Å². The third kappa shape index (κ3) is 2.36. The summed E-state index contributed by atoms with van der Waals surface area (Å²) in [6.07, 6.45) is 3.30. The summed E-state index contributed by atoms with van der Waals surface area (Å²) in [6.45, 7) is 3.89. The second-order valence-corrected chi connectivity index (χ2v) is 3.74. The van der Waals surface area contributed by atoms with E-state index in [1.807, 2.05) is 19.1 Å². The van der Waals surface area contributed by atoms with Crippen LogP contribution in [0.2, 0.25) is 0 Å². The third-order valence-corrected chi connectivity index (χ3v) is 2.48. The van der Waals surface area contributed by atoms with E-state index in [4.69, 9.17) is 0 Å². The van der Waals surface area contributed by atoms with Crippen molar-refractivity contribution < 1.29 is 4.79 Å². The fourth-order valence-corrected chi connectivity index (χ4v) is 1.68. The van der Waals surface area contributed by atoms with Gasteiger partial charge in [0.15, 0.2) is 12.1 Å². The first-order chi connectivity index (χ1) is 8.24. The Labute approximate surface area is 99.8 Å². The minimum absolute atomic E-state index is 0.389. The number of carbonyl (C=O) groups is 1. The summed E-state index contributed by atoms with van der Waals surface area (Å²) in [7, 11) is 0. The van der Waals surface area contributed by atoms with E-state index >= 15 is 0 Å². The van der Waals surface area contributed by atoms with Gasteiger partial charge in [0.2, 0.25) is 0 Å². The number of hydrogen-bond donors (Lipinski definition) is 0. The number of rotatable bonds is 3. The molecule has 0 bridgehead atoms. The van der Waals surface area contributed by atoms with E-state index in [-0.39, 0.29) is 0 Å². The van der Waals surface area contributed by atoms with Crippen molar-refractivity contribution in [1.82, 2.24) is 15.0 Å². The molecule has 4 nitrogen and oxygen atoms in total. The lowest BCUT2D eigenvalue weighted by atomic mass is 10.1. The Kier molecular flexibility index (Phi) is 3.23. The molecule has 2 aromatic rings. The van der Waals surface area contributed by atoms with Crippen LogP contribution in [0.5, 0.6) is 0 Å². The molecule has 0 N–H and O–H groups in total. The van der Waals surface area contributed by atoms with Gasteiger partial charge in [-0.3, -0.25) is 9.78 Å². The van der Waals surface area contributed by atoms with Crippen LogP contribution in [-0.2, 0) is 6.42 Å². The van der Waals surface area contributed by atoms with E-state index < -0.39 is 0 Å². The van der Waals surface area contributed by atoms with Crippen molar-refractivity contribution in [2.24, 2.45) is 0 Å². The molecule has 0 saturated heterocycles. The lowest BCUT2D eigenvalue weighted by Crippen LogP contribution is -2.00. The average molecular weight is 227 g/mol. The summed E-state index contributed by atoms with van der Waals surface area (Å²) < 4.78 is 0. The number of aromatic nitrogens is 3. The molecule has 4 heteroatoms. The molecule has 2 rings (SSSR count). The van der Waals surface area contributed by atoms with Gasteiger partial charge in [0, 0.05) is 11.9 Å². The molecular weight excluding hydrogens is 214 g/mol. The maximum atomic E-state index is 10.8. The fourth-order valence-electron chi connectivity index (χ4n) is 1.68. The summed E-state index contributed by atoms with van der Waals surface area (Å²) in [5.74, 6) is 0.518. The van der Waals surface area contributed by atoms with Crippen molar-refractivity contribution in [1.29, 1.82) is 0 Å². The highest BCUT2D eigenvalue weighted by Crippen LogP contribution is 2.18. The molecular formula is C13H13N3O. The number of hydrogen-bond acceptors (Lipinski definition) is 4. The van der Waals surface area contributed by atoms with Gasteiger partial charge in [-0.15, -0.1) is 0 Å². The first kappa shape index (κ1) is 11.4. The van der Waals surface area contributed by atoms with E-state index in [1.54, 1.807) is 12.3 Å². The van der Waals surface area contributed by atoms with Crippen LogP contribution in [0.4, 0.5) is 0 Å². The molecule has 0 radical (unpaired) electrons. The highest BCUT2D eigenvalue weighted by atomic mass is 16.1. The Morgan fingerprint density at radius 3 is 2.88 bits per heavy atom. The SMILES string of the molecule is CCc1cccnc1-c1nc(C)cc(C=O)n1. The molecule has 0 atom stereocenters. The predicted molar refractivity (Wildman–Crippen MR) is 64.8 cm³/mol. The molecule has 2 heterocycles. The van der Waals surface area contributed by atoms with E-state index in [0.717, 1.165) is 29.7 Å². The van der Waals surface area contributed by atoms with E-state index in [9.17, 15) is 4.79 Å². The van der Waals surface area contributed by atoms with Crippen LogP contribution < -0.4 is 0 Å². The summed E-state index contributed by atoms with van der Waals surface area (Å²) >= 11 is 0. The molecule has 86 valence electrons. The second kappa shape index (κ2) is 4.82. The molecule has 0 aliphatic heterocycles. The summed E-state index contributed by atoms with van der Waals surface area (Å²) in [5.41, 5.74) is 2.99. The minimum Gasteiger partial charge on any atom is -0.296 e. The molecule has 0 aliphatic rings. The van der Waals surface area contributed by atoms with Gasteiger partial charge < -0.3 is 0 Å². The smallest absolute Gasteiger partial charge is 0.179 e. The van der Waals surface area contributed by atoms with Gasteiger partial charge in [0.05, 0.1) is 0 Å². The van der Waals surface area contributed by atoms with Gasteiger partial charge in [-0.25, -0.2) is 9.97 Å². The Hall–Kier alpha value is -2.10. The number of aryl methyl sites for hydroxylation is 2. The fraction of sp³-hybridized carbons (Fsp3) is 0.231. The van der Waals surface area contributed by atoms with Crippen molar-refractivity contribution >= 4 is 6.29 Å². The monoisotopic (exact) mass is 227 g/mol. The Balaban J connectivity index is 2.59. The minimum atomic E-state index is 0.389. The number of carbonyl (C=O) groups excluding carboxylic acids is 1. The zero-order valence-corrected chi connectivity index (χ0v) is 9.84. The summed E-state index contributed by atoms with van der Waals surface area (Å²) in [4.78, 5) is 23.6. The molecule has 0 saturated carbocycles. The summed E-state index contributed by atoms with van der Waals surface area (Å²) in [6, 6.07) is 5.54. The van der Waals surface area contributed by atoms with Crippen LogP contribution in [0.25, 0.3) is 11.5 Å². The van der Waals surface area contributed by atoms with Crippen molar-refractivity contribution in [2.45, 2.75) is 20.3 Å². The Bertz CT molecular complexity index is 552. The van der Waals surface area contributed by atoms with Crippen molar-refractivity contribution in [3.05, 3.63) is 41.3 Å². The van der Waals surface area contributed by atoms with Crippen molar-refractivity contribution in [3.8, 4) is 11.5 Å². The van der Waals surface area contributed by atoms with Gasteiger partial charge in [0.1, 0.15) is 11.4 Å². The molecule has 0 spiro atoms. The molecule has 0 aliphatic carbocycles. The van der Waals surface area contributed by atoms with Gasteiger partial charge in [-0.1, -0.05) is 13.0 Å². The topological polar surface area (TPSA) is 55.7 Å². The highest BCUT2D eigenvalue weighted by molar-refractivity contribution is 5.73. The van der Waals surface area contributed by atoms with Crippen molar-refractivity contribution in [2.75, 3.05) is 0 Å². The van der Waals surface area contributed by atoms with Gasteiger partial charge >= 0.3 is 0 Å². The Morgan fingerprint density at radius 2 is 2.18 bits per heavy atom. The molecule has 0 amide bonds. The predicted octanol–water partition coefficient (Wildman–Crippen LogP) is 2.22. The molecule has 2 aromatic heterocycles. The number of nitrogens with zero attached hydrogens (tertiary/aromatic N) is 3. The average Bonchev–Trinajstić information content (AvgIpc) is 2.37. The normalized spacial score (nSPS) is 10.2. The van der Waals surface area contributed by atoms with E-state index in [0.29, 0.717) is 11.5 Å². The third-order valence-electron chi connectivity index (χ3n) is 2.48. The molecule has 0 unspecified atom stereocenters. The first-order valence-corrected chi connectivity index (χ1v) is 5.49. The molecule has 0 fully saturated rings. The largest absolute Gasteiger partial charge is 0.296 e. The van der Waals surface area contributed by atoms with Crippen LogP contribution in [0.1, 0.15) is 28.7 Å².